The number of hydrogen-bond donors (Lipinski definition) is 1. The number of benzene rings is 1. The maximum Gasteiger partial charge on any atom is 0.392 e. The fourth-order valence-electron chi connectivity index (χ4n) is 0.964. The number of carboxylic acid groups (broad SMARTS) is 1. The van der Waals surface area contributed by atoms with E-state index in [0.717, 1.165) is 0 Å². The van der Waals surface area contributed by atoms with Gasteiger partial charge >= 0.3 is 11.9 Å². The van der Waals surface area contributed by atoms with Crippen LogP contribution >= 0.6 is 0 Å². The van der Waals surface area contributed by atoms with Crippen LogP contribution in [0.1, 0.15) is 10.7 Å². The second-order valence-electron chi connectivity index (χ2n) is 2.29. The monoisotopic (exact) mass is 214 g/mol. The molecule has 1 aromatic heterocycles. The largest absolute Gasteiger partial charge is 0.474 e. The van der Waals surface area contributed by atoms with Gasteiger partial charge in [0.15, 0.2) is 5.58 Å². The molecule has 0 spiro atoms. The normalized spacial score (nSPS) is 9.54. The molecule has 5 heteroatoms. The number of nitrogens with zero attached hydrogens (tertiary/aromatic N) is 1. The van der Waals surface area contributed by atoms with E-state index >= 15 is 0 Å². The van der Waals surface area contributed by atoms with Crippen LogP contribution in [-0.4, -0.2) is 16.1 Å². The smallest absolute Gasteiger partial charge is 0.392 e. The van der Waals surface area contributed by atoms with Crippen LogP contribution in [-0.2, 0) is 18.6 Å². The Morgan fingerprint density at radius 1 is 1.38 bits per heavy atom. The number of fused-ring (bicyclic) bond motifs is 1. The molecule has 0 aliphatic carbocycles. The minimum absolute atomic E-state index is 0. The topological polar surface area (TPSA) is 63.3 Å². The first-order chi connectivity index (χ1) is 5.77. The molecule has 1 heterocycles. The molecule has 2 aromatic rings. The van der Waals surface area contributed by atoms with Crippen molar-refractivity contribution in [2.75, 3.05) is 0 Å². The van der Waals surface area contributed by atoms with E-state index in [1.807, 2.05) is 0 Å². The molecule has 0 saturated heterocycles. The van der Waals surface area contributed by atoms with E-state index in [0.29, 0.717) is 11.1 Å². The van der Waals surface area contributed by atoms with Gasteiger partial charge in [-0.1, -0.05) is 12.1 Å². The standard InChI is InChI=1S/C8H5NO3.V/c10-8(11)7-9-5-3-1-2-4-6(5)12-7;/h1-4H,(H,10,11);. The van der Waals surface area contributed by atoms with E-state index in [4.69, 9.17) is 9.52 Å². The number of aromatic nitrogens is 1. The third kappa shape index (κ3) is 1.74. The van der Waals surface area contributed by atoms with Crippen molar-refractivity contribution in [3.8, 4) is 0 Å². The summed E-state index contributed by atoms with van der Waals surface area (Å²) in [5.41, 5.74) is 1.06. The minimum atomic E-state index is -1.15. The van der Waals surface area contributed by atoms with Crippen molar-refractivity contribution < 1.29 is 32.9 Å². The first kappa shape index (κ1) is 9.83. The molecule has 1 aromatic carbocycles. The Morgan fingerprint density at radius 3 is 2.69 bits per heavy atom. The van der Waals surface area contributed by atoms with Gasteiger partial charge < -0.3 is 9.52 Å². The van der Waals surface area contributed by atoms with Crippen LogP contribution < -0.4 is 0 Å². The van der Waals surface area contributed by atoms with Gasteiger partial charge in [0.05, 0.1) is 0 Å². The van der Waals surface area contributed by atoms with E-state index in [9.17, 15) is 4.79 Å². The van der Waals surface area contributed by atoms with E-state index in [2.05, 4.69) is 4.98 Å². The maximum absolute atomic E-state index is 10.4. The van der Waals surface area contributed by atoms with Crippen LogP contribution in [0.15, 0.2) is 28.7 Å². The van der Waals surface area contributed by atoms with Crippen molar-refractivity contribution in [3.05, 3.63) is 30.2 Å². The van der Waals surface area contributed by atoms with Crippen molar-refractivity contribution in [2.45, 2.75) is 0 Å². The van der Waals surface area contributed by atoms with Crippen LogP contribution in [0.2, 0.25) is 0 Å². The molecule has 0 fully saturated rings. The Morgan fingerprint density at radius 2 is 2.08 bits per heavy atom. The Bertz CT molecular complexity index is 405. The van der Waals surface area contributed by atoms with E-state index < -0.39 is 5.97 Å². The number of carbonyl (C=O) groups is 1. The quantitative estimate of drug-likeness (QED) is 0.781. The van der Waals surface area contributed by atoms with Gasteiger partial charge in [-0.15, -0.1) is 0 Å². The van der Waals surface area contributed by atoms with Gasteiger partial charge in [-0.05, 0) is 12.1 Å². The summed E-state index contributed by atoms with van der Waals surface area (Å²) >= 11 is 0. The summed E-state index contributed by atoms with van der Waals surface area (Å²) < 4.78 is 4.92. The third-order valence-electron chi connectivity index (χ3n) is 1.48. The predicted molar refractivity (Wildman–Crippen MR) is 41.0 cm³/mol. The molecule has 13 heavy (non-hydrogen) atoms. The van der Waals surface area contributed by atoms with E-state index in [1.54, 1.807) is 24.3 Å². The molecular weight excluding hydrogens is 209 g/mol. The van der Waals surface area contributed by atoms with Gasteiger partial charge in [-0.3, -0.25) is 0 Å². The van der Waals surface area contributed by atoms with Crippen LogP contribution in [0.25, 0.3) is 11.1 Å². The van der Waals surface area contributed by atoms with E-state index in [-0.39, 0.29) is 24.4 Å². The zero-order chi connectivity index (χ0) is 8.55. The molecule has 1 N–H and O–H groups in total. The van der Waals surface area contributed by atoms with Gasteiger partial charge in [0, 0.05) is 18.6 Å². The molecule has 0 saturated carbocycles. The Hall–Kier alpha value is -1.26. The molecule has 1 radical (unpaired) electrons. The van der Waals surface area contributed by atoms with Crippen molar-refractivity contribution in [2.24, 2.45) is 0 Å². The number of para-hydroxylation sites is 2. The van der Waals surface area contributed by atoms with Gasteiger partial charge in [0.25, 0.3) is 0 Å². The average Bonchev–Trinajstić information content (AvgIpc) is 2.46. The second kappa shape index (κ2) is 3.64. The molecule has 0 aliphatic heterocycles. The van der Waals surface area contributed by atoms with Crippen LogP contribution in [0.5, 0.6) is 0 Å². The molecule has 0 amide bonds. The average molecular weight is 214 g/mol. The van der Waals surface area contributed by atoms with E-state index in [1.165, 1.54) is 0 Å². The summed E-state index contributed by atoms with van der Waals surface area (Å²) in [6.45, 7) is 0. The summed E-state index contributed by atoms with van der Waals surface area (Å²) in [5.74, 6) is -1.41. The van der Waals surface area contributed by atoms with Crippen molar-refractivity contribution in [1.29, 1.82) is 0 Å². The molecule has 0 atom stereocenters. The summed E-state index contributed by atoms with van der Waals surface area (Å²) in [6.07, 6.45) is 0. The Balaban J connectivity index is 0.000000845. The van der Waals surface area contributed by atoms with Crippen molar-refractivity contribution in [1.82, 2.24) is 4.98 Å². The van der Waals surface area contributed by atoms with Crippen molar-refractivity contribution >= 4 is 17.1 Å². The zero-order valence-corrected chi connectivity index (χ0v) is 7.86. The molecule has 65 valence electrons. The van der Waals surface area contributed by atoms with Crippen LogP contribution in [0, 0.1) is 0 Å². The molecule has 4 nitrogen and oxygen atoms in total. The summed E-state index contributed by atoms with van der Waals surface area (Å²) in [7, 11) is 0. The molecular formula is C8H5NO3V. The number of rotatable bonds is 1. The fourth-order valence-corrected chi connectivity index (χ4v) is 0.964. The first-order valence-electron chi connectivity index (χ1n) is 3.36. The Labute approximate surface area is 85.5 Å². The van der Waals surface area contributed by atoms with Crippen LogP contribution in [0.4, 0.5) is 0 Å². The number of oxazole rings is 1. The summed E-state index contributed by atoms with van der Waals surface area (Å²) in [6, 6.07) is 6.91. The molecule has 0 aliphatic rings. The summed E-state index contributed by atoms with van der Waals surface area (Å²) in [4.78, 5) is 14.2. The van der Waals surface area contributed by atoms with Gasteiger partial charge in [0.1, 0.15) is 5.52 Å². The zero-order valence-electron chi connectivity index (χ0n) is 6.47. The number of aromatic carboxylic acids is 1. The minimum Gasteiger partial charge on any atom is -0.474 e. The molecule has 0 bridgehead atoms. The number of hydrogen-bond acceptors (Lipinski definition) is 3. The maximum atomic E-state index is 10.4. The molecule has 2 rings (SSSR count). The third-order valence-corrected chi connectivity index (χ3v) is 1.48. The fraction of sp³-hybridized carbons (Fsp3) is 0. The SMILES string of the molecule is O=C(O)c1nc2ccccc2o1.[V]. The second-order valence-corrected chi connectivity index (χ2v) is 2.29. The van der Waals surface area contributed by atoms with Crippen molar-refractivity contribution in [3.63, 3.8) is 0 Å². The first-order valence-corrected chi connectivity index (χ1v) is 3.36. The summed E-state index contributed by atoms with van der Waals surface area (Å²) in [5, 5.41) is 8.53. The van der Waals surface area contributed by atoms with Crippen LogP contribution in [0.3, 0.4) is 0 Å². The number of carboxylic acids is 1. The van der Waals surface area contributed by atoms with Gasteiger partial charge in [0.2, 0.25) is 0 Å². The van der Waals surface area contributed by atoms with Gasteiger partial charge in [-0.25, -0.2) is 9.78 Å². The Kier molecular flexibility index (Phi) is 2.75. The predicted octanol–water partition coefficient (Wildman–Crippen LogP) is 1.52. The molecule has 0 unspecified atom stereocenters. The van der Waals surface area contributed by atoms with Gasteiger partial charge in [-0.2, -0.15) is 0 Å².